The summed E-state index contributed by atoms with van der Waals surface area (Å²) >= 11 is 1.42. The lowest BCUT2D eigenvalue weighted by molar-refractivity contribution is -0.115. The van der Waals surface area contributed by atoms with E-state index in [0.29, 0.717) is 11.5 Å². The van der Waals surface area contributed by atoms with Crippen LogP contribution in [0.1, 0.15) is 12.8 Å². The van der Waals surface area contributed by atoms with Crippen LogP contribution in [0.15, 0.2) is 52.4 Å². The highest BCUT2D eigenvalue weighted by Crippen LogP contribution is 2.22. The van der Waals surface area contributed by atoms with Crippen LogP contribution in [0.4, 0.5) is 5.69 Å². The number of amides is 1. The maximum atomic E-state index is 12.4. The molecule has 2 aromatic heterocycles. The summed E-state index contributed by atoms with van der Waals surface area (Å²) in [6.45, 7) is 1.34. The zero-order valence-electron chi connectivity index (χ0n) is 13.2. The van der Waals surface area contributed by atoms with Crippen molar-refractivity contribution in [2.24, 2.45) is 0 Å². The minimum atomic E-state index is -3.79. The van der Waals surface area contributed by atoms with Crippen molar-refractivity contribution in [2.45, 2.75) is 17.9 Å². The van der Waals surface area contributed by atoms with Gasteiger partial charge in [-0.05, 0) is 30.5 Å². The van der Waals surface area contributed by atoms with Crippen molar-refractivity contribution < 1.29 is 17.7 Å². The number of aromatic nitrogens is 2. The standard InChI is InChI=1S/C16H15N3O4S2/c1-11(16(20)17-12-6-3-2-4-7-12)25(21,22)10-14-18-15(19-23-14)13-8-5-9-24-13/h2-9,11H,10H2,1H3,(H,17,20)/t11-/m1/s1. The lowest BCUT2D eigenvalue weighted by Gasteiger charge is -2.12. The van der Waals surface area contributed by atoms with Gasteiger partial charge in [-0.25, -0.2) is 8.42 Å². The molecule has 130 valence electrons. The molecule has 0 aliphatic rings. The summed E-state index contributed by atoms with van der Waals surface area (Å²) in [5, 5.41) is 6.97. The van der Waals surface area contributed by atoms with Crippen LogP contribution in [-0.2, 0) is 20.4 Å². The highest BCUT2D eigenvalue weighted by Gasteiger charge is 2.30. The number of sulfone groups is 1. The Morgan fingerprint density at radius 2 is 2.00 bits per heavy atom. The molecule has 9 heteroatoms. The smallest absolute Gasteiger partial charge is 0.242 e. The van der Waals surface area contributed by atoms with E-state index in [1.165, 1.54) is 18.3 Å². The zero-order chi connectivity index (χ0) is 17.9. The van der Waals surface area contributed by atoms with Crippen molar-refractivity contribution in [3.63, 3.8) is 0 Å². The van der Waals surface area contributed by atoms with Crippen molar-refractivity contribution in [3.05, 3.63) is 53.7 Å². The molecule has 0 saturated carbocycles. The zero-order valence-corrected chi connectivity index (χ0v) is 14.9. The molecule has 0 fully saturated rings. The number of para-hydroxylation sites is 1. The van der Waals surface area contributed by atoms with Gasteiger partial charge >= 0.3 is 0 Å². The molecule has 1 aromatic carbocycles. The molecular weight excluding hydrogens is 362 g/mol. The molecule has 0 aliphatic carbocycles. The Morgan fingerprint density at radius 1 is 1.24 bits per heavy atom. The molecule has 25 heavy (non-hydrogen) atoms. The number of hydrogen-bond donors (Lipinski definition) is 1. The minimum absolute atomic E-state index is 0.0391. The molecule has 1 amide bonds. The van der Waals surface area contributed by atoms with Crippen LogP contribution < -0.4 is 5.32 Å². The predicted octanol–water partition coefficient (Wildman–Crippen LogP) is 2.74. The molecule has 7 nitrogen and oxygen atoms in total. The van der Waals surface area contributed by atoms with Gasteiger partial charge in [0, 0.05) is 5.69 Å². The molecule has 0 aliphatic heterocycles. The van der Waals surface area contributed by atoms with Crippen LogP contribution in [0.2, 0.25) is 0 Å². The summed E-state index contributed by atoms with van der Waals surface area (Å²) in [7, 11) is -3.79. The van der Waals surface area contributed by atoms with E-state index >= 15 is 0 Å². The fourth-order valence-corrected chi connectivity index (χ4v) is 3.79. The van der Waals surface area contributed by atoms with Crippen LogP contribution >= 0.6 is 11.3 Å². The highest BCUT2D eigenvalue weighted by atomic mass is 32.2. The Balaban J connectivity index is 1.69. The van der Waals surface area contributed by atoms with E-state index in [1.807, 2.05) is 17.5 Å². The first-order valence-electron chi connectivity index (χ1n) is 7.39. The third-order valence-corrected chi connectivity index (χ3v) is 6.29. The second kappa shape index (κ2) is 7.16. The normalized spacial score (nSPS) is 12.7. The van der Waals surface area contributed by atoms with E-state index in [2.05, 4.69) is 15.5 Å². The molecule has 3 aromatic rings. The number of nitrogens with one attached hydrogen (secondary N) is 1. The van der Waals surface area contributed by atoms with E-state index in [-0.39, 0.29) is 5.89 Å². The topological polar surface area (TPSA) is 102 Å². The maximum Gasteiger partial charge on any atom is 0.242 e. The first-order chi connectivity index (χ1) is 12.0. The van der Waals surface area contributed by atoms with Crippen molar-refractivity contribution in [1.82, 2.24) is 10.1 Å². The number of anilines is 1. The highest BCUT2D eigenvalue weighted by molar-refractivity contribution is 7.92. The number of thiophene rings is 1. The third kappa shape index (κ3) is 4.12. The number of carbonyl (C=O) groups is 1. The van der Waals surface area contributed by atoms with Crippen LogP contribution in [-0.4, -0.2) is 29.7 Å². The van der Waals surface area contributed by atoms with E-state index in [9.17, 15) is 13.2 Å². The van der Waals surface area contributed by atoms with Crippen LogP contribution in [0.25, 0.3) is 10.7 Å². The van der Waals surface area contributed by atoms with Crippen LogP contribution in [0, 0.1) is 0 Å². The van der Waals surface area contributed by atoms with Gasteiger partial charge < -0.3 is 9.84 Å². The van der Waals surface area contributed by atoms with E-state index in [4.69, 9.17) is 4.52 Å². The van der Waals surface area contributed by atoms with Gasteiger partial charge in [-0.2, -0.15) is 4.98 Å². The Kier molecular flexibility index (Phi) is 4.95. The molecule has 3 rings (SSSR count). The second-order valence-corrected chi connectivity index (χ2v) is 8.56. The van der Waals surface area contributed by atoms with E-state index in [0.717, 1.165) is 4.88 Å². The first kappa shape index (κ1) is 17.3. The van der Waals surface area contributed by atoms with Gasteiger partial charge in [0.25, 0.3) is 0 Å². The fourth-order valence-electron chi connectivity index (χ4n) is 2.04. The summed E-state index contributed by atoms with van der Waals surface area (Å²) in [5.74, 6) is -0.803. The molecule has 0 spiro atoms. The van der Waals surface area contributed by atoms with Gasteiger partial charge in [0.1, 0.15) is 11.0 Å². The quantitative estimate of drug-likeness (QED) is 0.709. The summed E-state index contributed by atoms with van der Waals surface area (Å²) in [5.41, 5.74) is 0.535. The average Bonchev–Trinajstić information content (AvgIpc) is 3.26. The van der Waals surface area contributed by atoms with Gasteiger partial charge in [0.2, 0.25) is 17.6 Å². The Labute approximate surface area is 148 Å². The van der Waals surface area contributed by atoms with Crippen LogP contribution in [0.3, 0.4) is 0 Å². The molecular formula is C16H15N3O4S2. The lowest BCUT2D eigenvalue weighted by Crippen LogP contribution is -2.33. The van der Waals surface area contributed by atoms with E-state index in [1.54, 1.807) is 30.3 Å². The Hall–Kier alpha value is -2.52. The number of benzene rings is 1. The summed E-state index contributed by atoms with van der Waals surface area (Å²) in [4.78, 5) is 17.1. The summed E-state index contributed by atoms with van der Waals surface area (Å²) in [6.07, 6.45) is 0. The van der Waals surface area contributed by atoms with Gasteiger partial charge in [0.15, 0.2) is 9.84 Å². The number of carbonyl (C=O) groups excluding carboxylic acids is 1. The van der Waals surface area contributed by atoms with Crippen molar-refractivity contribution in [3.8, 4) is 10.7 Å². The van der Waals surface area contributed by atoms with Gasteiger partial charge in [-0.3, -0.25) is 4.79 Å². The maximum absolute atomic E-state index is 12.4. The molecule has 1 N–H and O–H groups in total. The first-order valence-corrected chi connectivity index (χ1v) is 9.99. The Morgan fingerprint density at radius 3 is 2.68 bits per heavy atom. The molecule has 0 unspecified atom stereocenters. The largest absolute Gasteiger partial charge is 0.338 e. The van der Waals surface area contributed by atoms with Crippen LogP contribution in [0.5, 0.6) is 0 Å². The number of nitrogens with zero attached hydrogens (tertiary/aromatic N) is 2. The number of rotatable bonds is 6. The SMILES string of the molecule is C[C@H](C(=O)Nc1ccccc1)S(=O)(=O)Cc1nc(-c2cccs2)no1. The molecule has 0 saturated heterocycles. The molecule has 0 radical (unpaired) electrons. The molecule has 1 atom stereocenters. The number of hydrogen-bond acceptors (Lipinski definition) is 7. The van der Waals surface area contributed by atoms with Gasteiger partial charge in [0.05, 0.1) is 4.88 Å². The molecule has 0 bridgehead atoms. The average molecular weight is 377 g/mol. The summed E-state index contributed by atoms with van der Waals surface area (Å²) < 4.78 is 29.9. The third-order valence-electron chi connectivity index (χ3n) is 3.48. The fraction of sp³-hybridized carbons (Fsp3) is 0.188. The van der Waals surface area contributed by atoms with E-state index < -0.39 is 26.7 Å². The summed E-state index contributed by atoms with van der Waals surface area (Å²) in [6, 6.07) is 12.3. The van der Waals surface area contributed by atoms with Crippen molar-refractivity contribution in [2.75, 3.05) is 5.32 Å². The predicted molar refractivity (Wildman–Crippen MR) is 94.8 cm³/mol. The van der Waals surface area contributed by atoms with Gasteiger partial charge in [-0.15, -0.1) is 11.3 Å². The van der Waals surface area contributed by atoms with Gasteiger partial charge in [-0.1, -0.05) is 29.4 Å². The lowest BCUT2D eigenvalue weighted by atomic mass is 10.3. The van der Waals surface area contributed by atoms with Crippen molar-refractivity contribution >= 4 is 32.8 Å². The van der Waals surface area contributed by atoms with Crippen molar-refractivity contribution in [1.29, 1.82) is 0 Å². The second-order valence-electron chi connectivity index (χ2n) is 5.29. The Bertz CT molecular complexity index is 950. The monoisotopic (exact) mass is 377 g/mol. The minimum Gasteiger partial charge on any atom is -0.338 e. The molecule has 2 heterocycles.